The summed E-state index contributed by atoms with van der Waals surface area (Å²) in [6, 6.07) is 23.7. The van der Waals surface area contributed by atoms with Crippen LogP contribution in [0.3, 0.4) is 0 Å². The lowest BCUT2D eigenvalue weighted by atomic mass is 9.89. The number of piperidine rings is 1. The number of aromatic nitrogens is 1. The van der Waals surface area contributed by atoms with Crippen LogP contribution in [0.15, 0.2) is 72.8 Å². The number of aryl methyl sites for hydroxylation is 2. The number of amides is 1. The Morgan fingerprint density at radius 2 is 1.77 bits per heavy atom. The monoisotopic (exact) mass is 538 g/mol. The van der Waals surface area contributed by atoms with Crippen LogP contribution in [0.4, 0.5) is 11.4 Å². The molecule has 1 N–H and O–H groups in total. The molecular weight excluding hydrogens is 500 g/mol. The maximum Gasteiger partial charge on any atom is 0.270 e. The molecule has 1 amide bonds. The van der Waals surface area contributed by atoms with Gasteiger partial charge in [-0.25, -0.2) is 0 Å². The highest BCUT2D eigenvalue weighted by molar-refractivity contribution is 5.92. The molecule has 2 heterocycles. The molecule has 3 aromatic carbocycles. The number of likely N-dealkylation sites (tertiary alicyclic amines) is 1. The van der Waals surface area contributed by atoms with Crippen molar-refractivity contribution < 1.29 is 9.72 Å². The predicted molar refractivity (Wildman–Crippen MR) is 162 cm³/mol. The van der Waals surface area contributed by atoms with E-state index in [1.54, 1.807) is 18.2 Å². The summed E-state index contributed by atoms with van der Waals surface area (Å²) in [5.41, 5.74) is 6.65. The van der Waals surface area contributed by atoms with Crippen molar-refractivity contribution in [3.8, 4) is 11.3 Å². The van der Waals surface area contributed by atoms with Gasteiger partial charge < -0.3 is 14.8 Å². The number of nitro groups is 1. The lowest BCUT2D eigenvalue weighted by molar-refractivity contribution is -0.384. The molecule has 1 aliphatic rings. The van der Waals surface area contributed by atoms with Gasteiger partial charge in [0.2, 0.25) is 5.91 Å². The number of carbonyl (C=O) groups excluding carboxylic acids is 1. The molecule has 0 radical (unpaired) electrons. The van der Waals surface area contributed by atoms with Crippen LogP contribution in [-0.4, -0.2) is 39.9 Å². The van der Waals surface area contributed by atoms with Crippen LogP contribution in [0, 0.1) is 16.0 Å². The zero-order valence-corrected chi connectivity index (χ0v) is 23.6. The quantitative estimate of drug-likeness (QED) is 0.181. The molecule has 0 unspecified atom stereocenters. The minimum absolute atomic E-state index is 0.0388. The minimum atomic E-state index is -0.326. The number of nitrogens with one attached hydrogen (secondary N) is 1. The van der Waals surface area contributed by atoms with Gasteiger partial charge in [-0.2, -0.15) is 0 Å². The van der Waals surface area contributed by atoms with Crippen LogP contribution in [0.1, 0.15) is 50.2 Å². The summed E-state index contributed by atoms with van der Waals surface area (Å²) < 4.78 is 2.17. The summed E-state index contributed by atoms with van der Waals surface area (Å²) in [7, 11) is 2.05. The largest absolute Gasteiger partial charge is 0.343 e. The molecule has 7 heteroatoms. The fourth-order valence-corrected chi connectivity index (χ4v) is 5.99. The van der Waals surface area contributed by atoms with E-state index in [1.165, 1.54) is 16.5 Å². The van der Waals surface area contributed by atoms with Gasteiger partial charge in [0.25, 0.3) is 5.69 Å². The zero-order valence-electron chi connectivity index (χ0n) is 23.6. The Morgan fingerprint density at radius 1 is 1.02 bits per heavy atom. The number of fused-ring (bicyclic) bond motifs is 1. The fraction of sp³-hybridized carbons (Fsp3) is 0.364. The van der Waals surface area contributed by atoms with E-state index in [9.17, 15) is 14.9 Å². The normalized spacial score (nSPS) is 14.6. The third-order valence-electron chi connectivity index (χ3n) is 8.18. The van der Waals surface area contributed by atoms with Crippen molar-refractivity contribution >= 4 is 28.2 Å². The first-order valence-corrected chi connectivity index (χ1v) is 14.3. The van der Waals surface area contributed by atoms with E-state index in [0.29, 0.717) is 5.92 Å². The number of anilines is 1. The topological polar surface area (TPSA) is 80.4 Å². The number of para-hydroxylation sites is 1. The molecule has 1 aliphatic heterocycles. The molecule has 0 bridgehead atoms. The predicted octanol–water partition coefficient (Wildman–Crippen LogP) is 7.16. The van der Waals surface area contributed by atoms with Gasteiger partial charge in [0.05, 0.1) is 10.6 Å². The van der Waals surface area contributed by atoms with Crippen molar-refractivity contribution in [2.24, 2.45) is 13.0 Å². The van der Waals surface area contributed by atoms with Crippen LogP contribution in [0.25, 0.3) is 22.2 Å². The number of benzene rings is 3. The summed E-state index contributed by atoms with van der Waals surface area (Å²) in [6.45, 7) is 6.95. The Labute approximate surface area is 236 Å². The van der Waals surface area contributed by atoms with Gasteiger partial charge in [-0.3, -0.25) is 14.9 Å². The third kappa shape index (κ3) is 5.94. The molecule has 0 aliphatic carbocycles. The Morgan fingerprint density at radius 3 is 2.52 bits per heavy atom. The molecule has 208 valence electrons. The van der Waals surface area contributed by atoms with Gasteiger partial charge in [0.15, 0.2) is 0 Å². The standard InChI is InChI=1S/C33H38N4O3/c1-23(2)33(38)34-27-11-6-9-25(21-27)24-16-19-36(20-17-24)18-8-14-30-29-13-4-5-15-31(29)35(3)32(30)26-10-7-12-28(22-26)37(39)40/h4-7,9-13,15,21-24H,8,14,16-20H2,1-3H3,(H,34,38). The summed E-state index contributed by atoms with van der Waals surface area (Å²) in [4.78, 5) is 25.8. The molecule has 0 saturated carbocycles. The molecule has 5 rings (SSSR count). The second-order valence-electron chi connectivity index (χ2n) is 11.2. The summed E-state index contributed by atoms with van der Waals surface area (Å²) >= 11 is 0. The number of rotatable bonds is 9. The first kappa shape index (κ1) is 27.6. The zero-order chi connectivity index (χ0) is 28.2. The maximum absolute atomic E-state index is 12.1. The van der Waals surface area contributed by atoms with Gasteiger partial charge >= 0.3 is 0 Å². The first-order valence-electron chi connectivity index (χ1n) is 14.3. The van der Waals surface area contributed by atoms with E-state index < -0.39 is 0 Å². The van der Waals surface area contributed by atoms with Gasteiger partial charge in [-0.1, -0.05) is 56.3 Å². The summed E-state index contributed by atoms with van der Waals surface area (Å²) in [5, 5.41) is 15.7. The van der Waals surface area contributed by atoms with Crippen LogP contribution >= 0.6 is 0 Å². The summed E-state index contributed by atoms with van der Waals surface area (Å²) in [6.07, 6.45) is 4.15. The van der Waals surface area contributed by atoms with Crippen LogP contribution < -0.4 is 5.32 Å². The molecule has 4 aromatic rings. The van der Waals surface area contributed by atoms with E-state index in [4.69, 9.17) is 0 Å². The highest BCUT2D eigenvalue weighted by atomic mass is 16.6. The number of hydrogen-bond donors (Lipinski definition) is 1. The smallest absolute Gasteiger partial charge is 0.270 e. The molecule has 1 aromatic heterocycles. The molecule has 0 spiro atoms. The van der Waals surface area contributed by atoms with Gasteiger partial charge in [0, 0.05) is 47.3 Å². The average molecular weight is 539 g/mol. The number of hydrogen-bond acceptors (Lipinski definition) is 4. The third-order valence-corrected chi connectivity index (χ3v) is 8.18. The van der Waals surface area contributed by atoms with Gasteiger partial charge in [-0.05, 0) is 80.6 Å². The number of carbonyl (C=O) groups is 1. The molecule has 7 nitrogen and oxygen atoms in total. The Balaban J connectivity index is 1.24. The van der Waals surface area contributed by atoms with Crippen molar-refractivity contribution in [3.63, 3.8) is 0 Å². The van der Waals surface area contributed by atoms with E-state index in [0.717, 1.165) is 67.8 Å². The number of nitro benzene ring substituents is 1. The first-order chi connectivity index (χ1) is 19.3. The fourth-order valence-electron chi connectivity index (χ4n) is 5.99. The van der Waals surface area contributed by atoms with Crippen molar-refractivity contribution in [2.75, 3.05) is 25.0 Å². The lowest BCUT2D eigenvalue weighted by Crippen LogP contribution is -2.33. The Kier molecular flexibility index (Phi) is 8.31. The minimum Gasteiger partial charge on any atom is -0.343 e. The van der Waals surface area contributed by atoms with Crippen molar-refractivity contribution in [2.45, 2.75) is 45.4 Å². The molecule has 1 saturated heterocycles. The van der Waals surface area contributed by atoms with Crippen molar-refractivity contribution in [1.82, 2.24) is 9.47 Å². The molecule has 1 fully saturated rings. The number of nitrogens with zero attached hydrogens (tertiary/aromatic N) is 3. The van der Waals surface area contributed by atoms with Gasteiger partial charge in [-0.15, -0.1) is 0 Å². The highest BCUT2D eigenvalue weighted by Gasteiger charge is 2.22. The van der Waals surface area contributed by atoms with Crippen molar-refractivity contribution in [1.29, 1.82) is 0 Å². The molecule has 0 atom stereocenters. The lowest BCUT2D eigenvalue weighted by Gasteiger charge is -2.32. The van der Waals surface area contributed by atoms with Crippen LogP contribution in [0.2, 0.25) is 0 Å². The van der Waals surface area contributed by atoms with E-state index >= 15 is 0 Å². The second kappa shape index (κ2) is 12.0. The molecule has 40 heavy (non-hydrogen) atoms. The summed E-state index contributed by atoms with van der Waals surface area (Å²) in [5.74, 6) is 0.514. The van der Waals surface area contributed by atoms with E-state index in [1.807, 2.05) is 45.2 Å². The highest BCUT2D eigenvalue weighted by Crippen LogP contribution is 2.36. The molecular formula is C33H38N4O3. The maximum atomic E-state index is 12.1. The average Bonchev–Trinajstić information content (AvgIpc) is 3.25. The second-order valence-corrected chi connectivity index (χ2v) is 11.2. The Bertz CT molecular complexity index is 1520. The van der Waals surface area contributed by atoms with E-state index in [2.05, 4.69) is 45.1 Å². The van der Waals surface area contributed by atoms with Gasteiger partial charge in [0.1, 0.15) is 0 Å². The Hall–Kier alpha value is -3.97. The van der Waals surface area contributed by atoms with E-state index in [-0.39, 0.29) is 22.4 Å². The van der Waals surface area contributed by atoms with Crippen LogP contribution in [0.5, 0.6) is 0 Å². The number of non-ortho nitro benzene ring substituents is 1. The van der Waals surface area contributed by atoms with Crippen molar-refractivity contribution in [3.05, 3.63) is 94.0 Å². The van der Waals surface area contributed by atoms with Crippen LogP contribution in [-0.2, 0) is 18.3 Å². The SMILES string of the molecule is CC(C)C(=O)Nc1cccc(C2CCN(CCCc3c(-c4cccc([N+](=O)[O-])c4)n(C)c4ccccc34)CC2)c1.